The number of fused-ring (bicyclic) bond motifs is 3. The Morgan fingerprint density at radius 2 is 2.00 bits per heavy atom. The van der Waals surface area contributed by atoms with Crippen molar-refractivity contribution in [3.05, 3.63) is 71.9 Å². The molecule has 1 atom stereocenters. The summed E-state index contributed by atoms with van der Waals surface area (Å²) < 4.78 is 2.15. The van der Waals surface area contributed by atoms with Crippen molar-refractivity contribution < 1.29 is 0 Å². The monoisotopic (exact) mass is 247 g/mol. The fourth-order valence-corrected chi connectivity index (χ4v) is 2.97. The van der Waals surface area contributed by atoms with Gasteiger partial charge in [-0.2, -0.15) is 0 Å². The van der Waals surface area contributed by atoms with Crippen LogP contribution in [0.5, 0.6) is 0 Å². The molecule has 0 spiro atoms. The molecule has 92 valence electrons. The van der Waals surface area contributed by atoms with Gasteiger partial charge in [-0.25, -0.2) is 4.98 Å². The third kappa shape index (κ3) is 1.38. The van der Waals surface area contributed by atoms with Crippen LogP contribution in [0.4, 0.5) is 0 Å². The number of benzene rings is 1. The molecule has 3 nitrogen and oxygen atoms in total. The molecule has 0 fully saturated rings. The number of rotatable bonds is 1. The highest BCUT2D eigenvalue weighted by Crippen LogP contribution is 2.45. The van der Waals surface area contributed by atoms with Gasteiger partial charge in [0, 0.05) is 29.7 Å². The lowest BCUT2D eigenvalue weighted by Crippen LogP contribution is -2.08. The maximum Gasteiger partial charge on any atom is 0.0954 e. The highest BCUT2D eigenvalue weighted by molar-refractivity contribution is 5.76. The first-order valence-corrected chi connectivity index (χ1v) is 6.38. The van der Waals surface area contributed by atoms with Gasteiger partial charge >= 0.3 is 0 Å². The Bertz CT molecular complexity index is 744. The average Bonchev–Trinajstić information content (AvgIpc) is 3.04. The highest BCUT2D eigenvalue weighted by Gasteiger charge is 2.31. The van der Waals surface area contributed by atoms with Crippen LogP contribution in [0.1, 0.15) is 22.7 Å². The number of pyridine rings is 1. The third-order valence-corrected chi connectivity index (χ3v) is 3.82. The van der Waals surface area contributed by atoms with Gasteiger partial charge in [0.1, 0.15) is 0 Å². The van der Waals surface area contributed by atoms with Crippen LogP contribution < -0.4 is 0 Å². The molecule has 0 aliphatic heterocycles. The van der Waals surface area contributed by atoms with E-state index in [-0.39, 0.29) is 6.04 Å². The van der Waals surface area contributed by atoms with E-state index in [9.17, 15) is 0 Å². The van der Waals surface area contributed by atoms with Crippen molar-refractivity contribution in [3.8, 4) is 11.3 Å². The third-order valence-electron chi connectivity index (χ3n) is 3.82. The summed E-state index contributed by atoms with van der Waals surface area (Å²) in [5.41, 5.74) is 6.22. The van der Waals surface area contributed by atoms with Crippen LogP contribution in [-0.2, 0) is 0 Å². The zero-order chi connectivity index (χ0) is 12.8. The molecular formula is C16H13N3. The largest absolute Gasteiger partial charge is 0.326 e. The maximum absolute atomic E-state index is 4.59. The van der Waals surface area contributed by atoms with E-state index in [1.807, 2.05) is 24.9 Å². The van der Waals surface area contributed by atoms with Gasteiger partial charge in [-0.1, -0.05) is 24.3 Å². The quantitative estimate of drug-likeness (QED) is 0.517. The predicted molar refractivity (Wildman–Crippen MR) is 73.9 cm³/mol. The molecule has 1 aliphatic carbocycles. The van der Waals surface area contributed by atoms with Crippen LogP contribution in [-0.4, -0.2) is 14.5 Å². The number of nitrogens with zero attached hydrogens (tertiary/aromatic N) is 3. The second kappa shape index (κ2) is 3.79. The summed E-state index contributed by atoms with van der Waals surface area (Å²) in [5, 5.41) is 0. The number of imidazole rings is 1. The predicted octanol–water partition coefficient (Wildman–Crippen LogP) is 3.20. The normalized spacial score (nSPS) is 16.2. The molecule has 0 radical (unpaired) electrons. The SMILES string of the molecule is Cc1ccnc2c1C(n1ccnc1)c1ccccc1-2. The summed E-state index contributed by atoms with van der Waals surface area (Å²) >= 11 is 0. The van der Waals surface area contributed by atoms with Gasteiger partial charge in [0.2, 0.25) is 0 Å². The van der Waals surface area contributed by atoms with Crippen molar-refractivity contribution in [1.82, 2.24) is 14.5 Å². The summed E-state index contributed by atoms with van der Waals surface area (Å²) in [7, 11) is 0. The van der Waals surface area contributed by atoms with E-state index in [1.165, 1.54) is 22.3 Å². The van der Waals surface area contributed by atoms with E-state index in [4.69, 9.17) is 0 Å². The molecule has 1 unspecified atom stereocenters. The minimum atomic E-state index is 0.197. The zero-order valence-corrected chi connectivity index (χ0v) is 10.6. The Labute approximate surface area is 111 Å². The zero-order valence-electron chi connectivity index (χ0n) is 10.6. The minimum Gasteiger partial charge on any atom is -0.326 e. The molecule has 4 rings (SSSR count). The van der Waals surface area contributed by atoms with Crippen molar-refractivity contribution in [1.29, 1.82) is 0 Å². The average molecular weight is 247 g/mol. The lowest BCUT2D eigenvalue weighted by molar-refractivity contribution is 0.687. The van der Waals surface area contributed by atoms with Crippen LogP contribution in [0.25, 0.3) is 11.3 Å². The summed E-state index contributed by atoms with van der Waals surface area (Å²) in [5.74, 6) is 0. The van der Waals surface area contributed by atoms with E-state index in [2.05, 4.69) is 51.8 Å². The molecule has 0 N–H and O–H groups in total. The highest BCUT2D eigenvalue weighted by atomic mass is 15.1. The Hall–Kier alpha value is -2.42. The Morgan fingerprint density at radius 3 is 2.84 bits per heavy atom. The van der Waals surface area contributed by atoms with Gasteiger partial charge in [-0.05, 0) is 24.1 Å². The van der Waals surface area contributed by atoms with Gasteiger partial charge in [-0.3, -0.25) is 4.98 Å². The maximum atomic E-state index is 4.59. The summed E-state index contributed by atoms with van der Waals surface area (Å²) in [6.07, 6.45) is 7.61. The lowest BCUT2D eigenvalue weighted by Gasteiger charge is -2.16. The van der Waals surface area contributed by atoms with Crippen molar-refractivity contribution in [3.63, 3.8) is 0 Å². The molecule has 2 aromatic heterocycles. The number of hydrogen-bond acceptors (Lipinski definition) is 2. The molecule has 0 saturated heterocycles. The van der Waals surface area contributed by atoms with E-state index in [0.717, 1.165) is 5.69 Å². The first-order chi connectivity index (χ1) is 9.36. The van der Waals surface area contributed by atoms with Crippen molar-refractivity contribution >= 4 is 0 Å². The number of aryl methyl sites for hydroxylation is 1. The van der Waals surface area contributed by atoms with E-state index in [0.29, 0.717) is 0 Å². The van der Waals surface area contributed by atoms with Crippen LogP contribution in [0.15, 0.2) is 55.2 Å². The van der Waals surface area contributed by atoms with Crippen molar-refractivity contribution in [2.24, 2.45) is 0 Å². The van der Waals surface area contributed by atoms with Crippen LogP contribution in [0, 0.1) is 6.92 Å². The van der Waals surface area contributed by atoms with E-state index < -0.39 is 0 Å². The molecule has 0 saturated carbocycles. The second-order valence-corrected chi connectivity index (χ2v) is 4.89. The Morgan fingerprint density at radius 1 is 1.11 bits per heavy atom. The van der Waals surface area contributed by atoms with Gasteiger partial charge in [-0.15, -0.1) is 0 Å². The first kappa shape index (κ1) is 10.5. The fourth-order valence-electron chi connectivity index (χ4n) is 2.97. The minimum absolute atomic E-state index is 0.197. The van der Waals surface area contributed by atoms with E-state index in [1.54, 1.807) is 0 Å². The summed E-state index contributed by atoms with van der Waals surface area (Å²) in [6, 6.07) is 10.8. The number of aromatic nitrogens is 3. The standard InChI is InChI=1S/C16H13N3/c1-11-6-7-18-15-12-4-2-3-5-13(12)16(14(11)15)19-9-8-17-10-19/h2-10,16H,1H3. The molecule has 1 aromatic carbocycles. The number of hydrogen-bond donors (Lipinski definition) is 0. The second-order valence-electron chi connectivity index (χ2n) is 4.89. The topological polar surface area (TPSA) is 30.7 Å². The summed E-state index contributed by atoms with van der Waals surface area (Å²) in [4.78, 5) is 8.77. The molecule has 3 aromatic rings. The van der Waals surface area contributed by atoms with Gasteiger partial charge < -0.3 is 4.57 Å². The van der Waals surface area contributed by atoms with Crippen molar-refractivity contribution in [2.75, 3.05) is 0 Å². The molecule has 3 heteroatoms. The Balaban J connectivity index is 2.07. The van der Waals surface area contributed by atoms with Gasteiger partial charge in [0.25, 0.3) is 0 Å². The van der Waals surface area contributed by atoms with Crippen LogP contribution in [0.3, 0.4) is 0 Å². The molecular weight excluding hydrogens is 234 g/mol. The van der Waals surface area contributed by atoms with E-state index >= 15 is 0 Å². The molecule has 1 aliphatic rings. The molecule has 0 bridgehead atoms. The van der Waals surface area contributed by atoms with Crippen LogP contribution >= 0.6 is 0 Å². The lowest BCUT2D eigenvalue weighted by atomic mass is 10.0. The smallest absolute Gasteiger partial charge is 0.0954 e. The Kier molecular flexibility index (Phi) is 2.09. The van der Waals surface area contributed by atoms with Crippen LogP contribution in [0.2, 0.25) is 0 Å². The van der Waals surface area contributed by atoms with Gasteiger partial charge in [0.05, 0.1) is 18.1 Å². The molecule has 2 heterocycles. The summed E-state index contributed by atoms with van der Waals surface area (Å²) in [6.45, 7) is 2.15. The van der Waals surface area contributed by atoms with Gasteiger partial charge in [0.15, 0.2) is 0 Å². The first-order valence-electron chi connectivity index (χ1n) is 6.38. The fraction of sp³-hybridized carbons (Fsp3) is 0.125. The van der Waals surface area contributed by atoms with Crippen molar-refractivity contribution in [2.45, 2.75) is 13.0 Å². The molecule has 0 amide bonds. The molecule has 19 heavy (non-hydrogen) atoms.